The van der Waals surface area contributed by atoms with Gasteiger partial charge in [-0.3, -0.25) is 4.79 Å². The van der Waals surface area contributed by atoms with E-state index in [0.717, 1.165) is 11.8 Å². The molecule has 0 bridgehead atoms. The zero-order chi connectivity index (χ0) is 20.6. The molecule has 1 aromatic carbocycles. The van der Waals surface area contributed by atoms with E-state index in [9.17, 15) is 22.8 Å². The predicted octanol–water partition coefficient (Wildman–Crippen LogP) is 2.46. The molecule has 0 spiro atoms. The number of alkyl halides is 3. The fourth-order valence-corrected chi connectivity index (χ4v) is 2.08. The van der Waals surface area contributed by atoms with Crippen molar-refractivity contribution in [3.8, 4) is 11.6 Å². The second-order valence-corrected chi connectivity index (χ2v) is 5.62. The number of nitrogens with zero attached hydrogens (tertiary/aromatic N) is 1. The van der Waals surface area contributed by atoms with Gasteiger partial charge in [0.1, 0.15) is 5.75 Å². The standard InChI is InChI=1S/C18H17F3N2O5/c19-18(20,21)11-28-15-6-3-13(9-23-15)17(26)22-8-7-12-1-4-14(5-2-12)27-10-16(24)25/h1-6,9H,7-8,10-11H2,(H,22,26)(H,24,25). The summed E-state index contributed by atoms with van der Waals surface area (Å²) < 4.78 is 45.7. The zero-order valence-corrected chi connectivity index (χ0v) is 14.5. The van der Waals surface area contributed by atoms with E-state index in [1.807, 2.05) is 0 Å². The number of carboxylic acid groups (broad SMARTS) is 1. The van der Waals surface area contributed by atoms with Gasteiger partial charge in [-0.2, -0.15) is 13.2 Å². The Bertz CT molecular complexity index is 792. The maximum absolute atomic E-state index is 12.1. The van der Waals surface area contributed by atoms with Crippen LogP contribution in [0.3, 0.4) is 0 Å². The lowest BCUT2D eigenvalue weighted by Gasteiger charge is -2.09. The molecule has 1 aromatic heterocycles. The molecular weight excluding hydrogens is 381 g/mol. The molecule has 2 rings (SSSR count). The largest absolute Gasteiger partial charge is 0.482 e. The summed E-state index contributed by atoms with van der Waals surface area (Å²) in [5.74, 6) is -1.29. The van der Waals surface area contributed by atoms with Crippen molar-refractivity contribution in [3.63, 3.8) is 0 Å². The molecule has 0 aliphatic heterocycles. The van der Waals surface area contributed by atoms with Gasteiger partial charge in [0.05, 0.1) is 5.56 Å². The minimum Gasteiger partial charge on any atom is -0.482 e. The molecule has 2 aromatic rings. The van der Waals surface area contributed by atoms with Crippen molar-refractivity contribution in [2.75, 3.05) is 19.8 Å². The molecule has 1 heterocycles. The number of hydrogen-bond acceptors (Lipinski definition) is 5. The van der Waals surface area contributed by atoms with Gasteiger partial charge in [-0.15, -0.1) is 0 Å². The third-order valence-electron chi connectivity index (χ3n) is 3.37. The number of aromatic nitrogens is 1. The Balaban J connectivity index is 1.76. The van der Waals surface area contributed by atoms with Crippen LogP contribution in [0.1, 0.15) is 15.9 Å². The third-order valence-corrected chi connectivity index (χ3v) is 3.37. The smallest absolute Gasteiger partial charge is 0.422 e. The fraction of sp³-hybridized carbons (Fsp3) is 0.278. The number of carbonyl (C=O) groups is 2. The molecule has 0 aliphatic carbocycles. The molecule has 150 valence electrons. The van der Waals surface area contributed by atoms with E-state index in [4.69, 9.17) is 9.84 Å². The molecule has 0 unspecified atom stereocenters. The Morgan fingerprint density at radius 3 is 2.36 bits per heavy atom. The quantitative estimate of drug-likeness (QED) is 0.674. The lowest BCUT2D eigenvalue weighted by Crippen LogP contribution is -2.26. The number of ether oxygens (including phenoxy) is 2. The summed E-state index contributed by atoms with van der Waals surface area (Å²) in [5.41, 5.74) is 1.09. The van der Waals surface area contributed by atoms with Crippen LogP contribution >= 0.6 is 0 Å². The zero-order valence-electron chi connectivity index (χ0n) is 14.5. The first-order valence-corrected chi connectivity index (χ1v) is 8.10. The Morgan fingerprint density at radius 2 is 1.79 bits per heavy atom. The van der Waals surface area contributed by atoms with Gasteiger partial charge in [-0.1, -0.05) is 12.1 Å². The van der Waals surface area contributed by atoms with Gasteiger partial charge in [0, 0.05) is 18.8 Å². The number of halogens is 3. The van der Waals surface area contributed by atoms with Gasteiger partial charge in [-0.05, 0) is 30.2 Å². The second kappa shape index (κ2) is 9.58. The van der Waals surface area contributed by atoms with Crippen molar-refractivity contribution < 1.29 is 37.3 Å². The molecule has 0 saturated heterocycles. The van der Waals surface area contributed by atoms with Crippen molar-refractivity contribution >= 4 is 11.9 Å². The van der Waals surface area contributed by atoms with Crippen molar-refractivity contribution in [2.45, 2.75) is 12.6 Å². The number of rotatable bonds is 9. The summed E-state index contributed by atoms with van der Waals surface area (Å²) >= 11 is 0. The van der Waals surface area contributed by atoms with Crippen LogP contribution in [0.2, 0.25) is 0 Å². The van der Waals surface area contributed by atoms with Gasteiger partial charge in [0.15, 0.2) is 13.2 Å². The highest BCUT2D eigenvalue weighted by Gasteiger charge is 2.28. The third kappa shape index (κ3) is 7.52. The number of carboxylic acids is 1. The highest BCUT2D eigenvalue weighted by molar-refractivity contribution is 5.93. The number of pyridine rings is 1. The average molecular weight is 398 g/mol. The molecule has 28 heavy (non-hydrogen) atoms. The summed E-state index contributed by atoms with van der Waals surface area (Å²) in [6, 6.07) is 9.27. The van der Waals surface area contributed by atoms with E-state index in [0.29, 0.717) is 18.7 Å². The van der Waals surface area contributed by atoms with Crippen LogP contribution in [-0.4, -0.2) is 47.9 Å². The summed E-state index contributed by atoms with van der Waals surface area (Å²) in [7, 11) is 0. The van der Waals surface area contributed by atoms with Gasteiger partial charge in [0.25, 0.3) is 5.91 Å². The highest BCUT2D eigenvalue weighted by Crippen LogP contribution is 2.17. The van der Waals surface area contributed by atoms with Gasteiger partial charge < -0.3 is 19.9 Å². The van der Waals surface area contributed by atoms with Crippen molar-refractivity contribution in [3.05, 3.63) is 53.7 Å². The molecule has 2 N–H and O–H groups in total. The maximum atomic E-state index is 12.1. The fourth-order valence-electron chi connectivity index (χ4n) is 2.08. The Hall–Kier alpha value is -3.30. The molecule has 0 fully saturated rings. The van der Waals surface area contributed by atoms with Crippen LogP contribution in [0.15, 0.2) is 42.6 Å². The Labute approximate surface area is 158 Å². The summed E-state index contributed by atoms with van der Waals surface area (Å²) in [5, 5.41) is 11.2. The molecule has 1 amide bonds. The van der Waals surface area contributed by atoms with E-state index in [2.05, 4.69) is 15.0 Å². The molecule has 0 radical (unpaired) electrons. The lowest BCUT2D eigenvalue weighted by atomic mass is 10.1. The molecular formula is C18H17F3N2O5. The average Bonchev–Trinajstić information content (AvgIpc) is 2.65. The van der Waals surface area contributed by atoms with Crippen LogP contribution in [0, 0.1) is 0 Å². The lowest BCUT2D eigenvalue weighted by molar-refractivity contribution is -0.154. The van der Waals surface area contributed by atoms with E-state index < -0.39 is 31.3 Å². The van der Waals surface area contributed by atoms with Gasteiger partial charge in [-0.25, -0.2) is 9.78 Å². The number of amides is 1. The van der Waals surface area contributed by atoms with Gasteiger partial charge >= 0.3 is 12.1 Å². The molecule has 0 atom stereocenters. The van der Waals surface area contributed by atoms with Crippen LogP contribution in [-0.2, 0) is 11.2 Å². The van der Waals surface area contributed by atoms with Gasteiger partial charge in [0.2, 0.25) is 5.88 Å². The topological polar surface area (TPSA) is 97.8 Å². The SMILES string of the molecule is O=C(O)COc1ccc(CCNC(=O)c2ccc(OCC(F)(F)F)nc2)cc1. The van der Waals surface area contributed by atoms with E-state index in [1.165, 1.54) is 12.1 Å². The number of carbonyl (C=O) groups excluding carboxylic acids is 1. The minimum absolute atomic E-state index is 0.191. The first-order valence-electron chi connectivity index (χ1n) is 8.10. The maximum Gasteiger partial charge on any atom is 0.422 e. The van der Waals surface area contributed by atoms with Crippen molar-refractivity contribution in [1.29, 1.82) is 0 Å². The van der Waals surface area contributed by atoms with E-state index >= 15 is 0 Å². The van der Waals surface area contributed by atoms with Crippen LogP contribution < -0.4 is 14.8 Å². The first-order chi connectivity index (χ1) is 13.2. The summed E-state index contributed by atoms with van der Waals surface area (Å²) in [6.45, 7) is -1.56. The Morgan fingerprint density at radius 1 is 1.07 bits per heavy atom. The van der Waals surface area contributed by atoms with Crippen molar-refractivity contribution in [1.82, 2.24) is 10.3 Å². The number of benzene rings is 1. The Kier molecular flexibility index (Phi) is 7.19. The summed E-state index contributed by atoms with van der Waals surface area (Å²) in [6.07, 6.45) is -2.81. The normalized spacial score (nSPS) is 11.0. The summed E-state index contributed by atoms with van der Waals surface area (Å²) in [4.78, 5) is 26.1. The minimum atomic E-state index is -4.46. The van der Waals surface area contributed by atoms with Crippen LogP contribution in [0.4, 0.5) is 13.2 Å². The monoisotopic (exact) mass is 398 g/mol. The molecule has 7 nitrogen and oxygen atoms in total. The molecule has 0 aliphatic rings. The highest BCUT2D eigenvalue weighted by atomic mass is 19.4. The number of hydrogen-bond donors (Lipinski definition) is 2. The van der Waals surface area contributed by atoms with Crippen molar-refractivity contribution in [2.24, 2.45) is 0 Å². The van der Waals surface area contributed by atoms with Crippen LogP contribution in [0.5, 0.6) is 11.6 Å². The van der Waals surface area contributed by atoms with E-state index in [1.54, 1.807) is 24.3 Å². The van der Waals surface area contributed by atoms with E-state index in [-0.39, 0.29) is 11.4 Å². The second-order valence-electron chi connectivity index (χ2n) is 5.62. The number of nitrogens with one attached hydrogen (secondary N) is 1. The van der Waals surface area contributed by atoms with Crippen LogP contribution in [0.25, 0.3) is 0 Å². The molecule has 10 heteroatoms. The first kappa shape index (κ1) is 21.0. The predicted molar refractivity (Wildman–Crippen MR) is 91.4 cm³/mol. The number of aliphatic carboxylic acids is 1. The molecule has 0 saturated carbocycles.